The first-order chi connectivity index (χ1) is 11.8. The number of benzene rings is 2. The molecular formula is C18H12FN3S2. The van der Waals surface area contributed by atoms with Crippen LogP contribution in [0.1, 0.15) is 5.56 Å². The van der Waals surface area contributed by atoms with E-state index in [1.54, 1.807) is 6.07 Å². The predicted octanol–water partition coefficient (Wildman–Crippen LogP) is 5.61. The lowest BCUT2D eigenvalue weighted by molar-refractivity contribution is 0.640. The molecule has 118 valence electrons. The smallest absolute Gasteiger partial charge is 0.203 e. The molecule has 2 aromatic carbocycles. The van der Waals surface area contributed by atoms with Crippen molar-refractivity contribution in [3.63, 3.8) is 0 Å². The largest absolute Gasteiger partial charge is 0.253 e. The Morgan fingerprint density at radius 1 is 1.04 bits per heavy atom. The summed E-state index contributed by atoms with van der Waals surface area (Å²) in [5.41, 5.74) is 5.27. The van der Waals surface area contributed by atoms with E-state index in [-0.39, 0.29) is 5.82 Å². The van der Waals surface area contributed by atoms with Crippen molar-refractivity contribution in [2.45, 2.75) is 0 Å². The van der Waals surface area contributed by atoms with E-state index in [9.17, 15) is 4.39 Å². The first kappa shape index (κ1) is 15.0. The van der Waals surface area contributed by atoms with Gasteiger partial charge in [-0.25, -0.2) is 9.37 Å². The van der Waals surface area contributed by atoms with Gasteiger partial charge in [-0.2, -0.15) is 5.10 Å². The van der Waals surface area contributed by atoms with Crippen LogP contribution in [0.25, 0.3) is 21.3 Å². The molecule has 2 aromatic heterocycles. The van der Waals surface area contributed by atoms with Crippen molar-refractivity contribution in [3.05, 3.63) is 70.7 Å². The van der Waals surface area contributed by atoms with Crippen LogP contribution in [-0.4, -0.2) is 11.2 Å². The van der Waals surface area contributed by atoms with Gasteiger partial charge in [-0.3, -0.25) is 5.43 Å². The number of anilines is 1. The summed E-state index contributed by atoms with van der Waals surface area (Å²) in [4.78, 5) is 4.48. The summed E-state index contributed by atoms with van der Waals surface area (Å²) in [5.74, 6) is -0.239. The summed E-state index contributed by atoms with van der Waals surface area (Å²) in [7, 11) is 0. The molecule has 2 heterocycles. The number of nitrogens with one attached hydrogen (secondary N) is 1. The predicted molar refractivity (Wildman–Crippen MR) is 101 cm³/mol. The van der Waals surface area contributed by atoms with Crippen molar-refractivity contribution >= 4 is 44.1 Å². The van der Waals surface area contributed by atoms with Gasteiger partial charge in [0, 0.05) is 16.5 Å². The standard InChI is InChI=1S/C18H12FN3S2/c19-16-14(7-6-13-8-9-23-17(13)16)10-20-22-18-21-15(11-24-18)12-4-2-1-3-5-12/h1-11H,(H,21,22). The first-order valence-corrected chi connectivity index (χ1v) is 9.03. The number of rotatable bonds is 4. The third-order valence-electron chi connectivity index (χ3n) is 3.53. The van der Waals surface area contributed by atoms with Crippen molar-refractivity contribution in [3.8, 4) is 11.3 Å². The van der Waals surface area contributed by atoms with E-state index in [1.807, 2.05) is 53.2 Å². The number of nitrogens with zero attached hydrogens (tertiary/aromatic N) is 2. The van der Waals surface area contributed by atoms with Gasteiger partial charge in [0.05, 0.1) is 16.6 Å². The molecule has 0 unspecified atom stereocenters. The summed E-state index contributed by atoms with van der Waals surface area (Å²) < 4.78 is 15.0. The average molecular weight is 353 g/mol. The van der Waals surface area contributed by atoms with Crippen molar-refractivity contribution in [1.82, 2.24) is 4.98 Å². The Kier molecular flexibility index (Phi) is 4.06. The van der Waals surface area contributed by atoms with Gasteiger partial charge < -0.3 is 0 Å². The molecule has 6 heteroatoms. The van der Waals surface area contributed by atoms with E-state index in [4.69, 9.17) is 0 Å². The highest BCUT2D eigenvalue weighted by atomic mass is 32.1. The van der Waals surface area contributed by atoms with Gasteiger partial charge in [-0.15, -0.1) is 22.7 Å². The van der Waals surface area contributed by atoms with Crippen LogP contribution in [0, 0.1) is 5.82 Å². The molecule has 0 radical (unpaired) electrons. The summed E-state index contributed by atoms with van der Waals surface area (Å²) in [6, 6.07) is 15.5. The number of hydrogen-bond donors (Lipinski definition) is 1. The van der Waals surface area contributed by atoms with Gasteiger partial charge in [-0.1, -0.05) is 36.4 Å². The Morgan fingerprint density at radius 3 is 2.79 bits per heavy atom. The maximum atomic E-state index is 14.3. The van der Waals surface area contributed by atoms with Crippen LogP contribution in [0.4, 0.5) is 9.52 Å². The molecular weight excluding hydrogens is 341 g/mol. The highest BCUT2D eigenvalue weighted by molar-refractivity contribution is 7.17. The Labute approximate surface area is 146 Å². The third-order valence-corrected chi connectivity index (χ3v) is 5.20. The molecule has 4 aromatic rings. The quantitative estimate of drug-likeness (QED) is 0.382. The number of fused-ring (bicyclic) bond motifs is 1. The van der Waals surface area contributed by atoms with Crippen LogP contribution in [0.5, 0.6) is 0 Å². The minimum atomic E-state index is -0.239. The molecule has 0 aliphatic rings. The van der Waals surface area contributed by atoms with Crippen LogP contribution >= 0.6 is 22.7 Å². The zero-order valence-electron chi connectivity index (χ0n) is 12.4. The molecule has 1 N–H and O–H groups in total. The molecule has 3 nitrogen and oxygen atoms in total. The SMILES string of the molecule is Fc1c(C=NNc2nc(-c3ccccc3)cs2)ccc2ccsc12. The Morgan fingerprint density at radius 2 is 1.92 bits per heavy atom. The second-order valence-corrected chi connectivity index (χ2v) is 6.86. The fourth-order valence-electron chi connectivity index (χ4n) is 2.34. The van der Waals surface area contributed by atoms with Crippen molar-refractivity contribution in [2.75, 3.05) is 5.43 Å². The van der Waals surface area contributed by atoms with Gasteiger partial charge in [0.25, 0.3) is 0 Å². The number of hydrogen-bond acceptors (Lipinski definition) is 5. The fraction of sp³-hybridized carbons (Fsp3) is 0. The lowest BCUT2D eigenvalue weighted by Crippen LogP contribution is -1.93. The fourth-order valence-corrected chi connectivity index (χ4v) is 3.85. The highest BCUT2D eigenvalue weighted by Crippen LogP contribution is 2.26. The molecule has 0 bridgehead atoms. The van der Waals surface area contributed by atoms with E-state index in [1.165, 1.54) is 28.9 Å². The molecule has 0 saturated carbocycles. The average Bonchev–Trinajstić information content (AvgIpc) is 3.27. The highest BCUT2D eigenvalue weighted by Gasteiger charge is 2.07. The van der Waals surface area contributed by atoms with Gasteiger partial charge >= 0.3 is 0 Å². The Bertz CT molecular complexity index is 1010. The summed E-state index contributed by atoms with van der Waals surface area (Å²) in [5, 5.41) is 9.54. The summed E-state index contributed by atoms with van der Waals surface area (Å²) in [6.45, 7) is 0. The molecule has 0 amide bonds. The van der Waals surface area contributed by atoms with Crippen molar-refractivity contribution in [1.29, 1.82) is 0 Å². The van der Waals surface area contributed by atoms with E-state index >= 15 is 0 Å². The molecule has 0 atom stereocenters. The van der Waals surface area contributed by atoms with Crippen molar-refractivity contribution in [2.24, 2.45) is 5.10 Å². The molecule has 0 aliphatic carbocycles. The lowest BCUT2D eigenvalue weighted by atomic mass is 10.2. The summed E-state index contributed by atoms with van der Waals surface area (Å²) >= 11 is 2.85. The van der Waals surface area contributed by atoms with Crippen LogP contribution < -0.4 is 5.43 Å². The number of halogens is 1. The van der Waals surface area contributed by atoms with Crippen LogP contribution in [0.15, 0.2) is 64.4 Å². The Hall–Kier alpha value is -2.57. The number of hydrazone groups is 1. The zero-order valence-corrected chi connectivity index (χ0v) is 14.1. The van der Waals surface area contributed by atoms with Crippen molar-refractivity contribution < 1.29 is 4.39 Å². The first-order valence-electron chi connectivity index (χ1n) is 7.27. The van der Waals surface area contributed by atoms with Gasteiger partial charge in [-0.05, 0) is 22.9 Å². The number of thiophene rings is 1. The van der Waals surface area contributed by atoms with E-state index in [0.717, 1.165) is 16.6 Å². The Balaban J connectivity index is 1.51. The second kappa shape index (κ2) is 6.51. The zero-order chi connectivity index (χ0) is 16.4. The van der Waals surface area contributed by atoms with Crippen LogP contribution in [0.2, 0.25) is 0 Å². The lowest BCUT2D eigenvalue weighted by Gasteiger charge is -1.98. The van der Waals surface area contributed by atoms with Gasteiger partial charge in [0.15, 0.2) is 0 Å². The van der Waals surface area contributed by atoms with Gasteiger partial charge in [0.2, 0.25) is 5.13 Å². The molecule has 0 aliphatic heterocycles. The minimum Gasteiger partial charge on any atom is -0.253 e. The maximum absolute atomic E-state index is 14.3. The number of aromatic nitrogens is 1. The van der Waals surface area contributed by atoms with Crippen LogP contribution in [-0.2, 0) is 0 Å². The van der Waals surface area contributed by atoms with Gasteiger partial charge in [0.1, 0.15) is 5.82 Å². The second-order valence-electron chi connectivity index (χ2n) is 5.08. The van der Waals surface area contributed by atoms with E-state index in [2.05, 4.69) is 15.5 Å². The summed E-state index contributed by atoms with van der Waals surface area (Å²) in [6.07, 6.45) is 1.48. The monoisotopic (exact) mass is 353 g/mol. The topological polar surface area (TPSA) is 37.3 Å². The normalized spacial score (nSPS) is 11.4. The van der Waals surface area contributed by atoms with Crippen LogP contribution in [0.3, 0.4) is 0 Å². The number of thiazole rings is 1. The molecule has 24 heavy (non-hydrogen) atoms. The van der Waals surface area contributed by atoms with E-state index in [0.29, 0.717) is 15.4 Å². The molecule has 4 rings (SSSR count). The maximum Gasteiger partial charge on any atom is 0.203 e. The molecule has 0 spiro atoms. The minimum absolute atomic E-state index is 0.239. The van der Waals surface area contributed by atoms with E-state index < -0.39 is 0 Å². The molecule has 0 saturated heterocycles. The third kappa shape index (κ3) is 2.93. The molecule has 0 fully saturated rings.